The molecule has 0 unspecified atom stereocenters. The van der Waals surface area contributed by atoms with Gasteiger partial charge in [0, 0.05) is 29.7 Å². The summed E-state index contributed by atoms with van der Waals surface area (Å²) < 4.78 is 13.7. The van der Waals surface area contributed by atoms with E-state index in [9.17, 15) is 4.39 Å². The second-order valence-electron chi connectivity index (χ2n) is 4.40. The van der Waals surface area contributed by atoms with E-state index in [0.29, 0.717) is 29.7 Å². The number of aliphatic hydroxyl groups is 1. The lowest BCUT2D eigenvalue weighted by molar-refractivity contribution is 0.135. The Balaban J connectivity index is 2.85. The molecule has 102 valence electrons. The highest BCUT2D eigenvalue weighted by molar-refractivity contribution is 6.30. The maximum atomic E-state index is 13.7. The van der Waals surface area contributed by atoms with E-state index < -0.39 is 0 Å². The molecule has 1 aromatic rings. The van der Waals surface area contributed by atoms with Gasteiger partial charge in [-0.25, -0.2) is 4.39 Å². The molecule has 0 aliphatic heterocycles. The smallest absolute Gasteiger partial charge is 0.127 e. The van der Waals surface area contributed by atoms with E-state index in [0.717, 1.165) is 12.8 Å². The molecule has 0 saturated heterocycles. The molecule has 0 aromatic heterocycles. The summed E-state index contributed by atoms with van der Waals surface area (Å²) in [6, 6.07) is 4.95. The van der Waals surface area contributed by atoms with Crippen LogP contribution in [0.1, 0.15) is 32.3 Å². The van der Waals surface area contributed by atoms with Crippen molar-refractivity contribution < 1.29 is 9.50 Å². The molecule has 0 fully saturated rings. The number of hydrogen-bond donors (Lipinski definition) is 1. The van der Waals surface area contributed by atoms with Crippen molar-refractivity contribution in [1.82, 2.24) is 4.90 Å². The lowest BCUT2D eigenvalue weighted by Gasteiger charge is -2.30. The molecule has 0 radical (unpaired) electrons. The molecule has 0 atom stereocenters. The maximum Gasteiger partial charge on any atom is 0.127 e. The number of halogens is 2. The van der Waals surface area contributed by atoms with Crippen LogP contribution in [0.2, 0.25) is 5.02 Å². The van der Waals surface area contributed by atoms with Crippen molar-refractivity contribution in [3.8, 4) is 0 Å². The fraction of sp³-hybridized carbons (Fsp3) is 0.571. The van der Waals surface area contributed by atoms with Gasteiger partial charge >= 0.3 is 0 Å². The molecule has 1 N–H and O–H groups in total. The van der Waals surface area contributed by atoms with Crippen LogP contribution >= 0.6 is 11.6 Å². The zero-order valence-corrected chi connectivity index (χ0v) is 11.8. The summed E-state index contributed by atoms with van der Waals surface area (Å²) in [7, 11) is 0. The highest BCUT2D eigenvalue weighted by atomic mass is 35.5. The second kappa shape index (κ2) is 7.72. The van der Waals surface area contributed by atoms with Crippen LogP contribution in [0, 0.1) is 5.82 Å². The zero-order valence-electron chi connectivity index (χ0n) is 11.0. The lowest BCUT2D eigenvalue weighted by Crippen LogP contribution is -2.36. The normalized spacial score (nSPS) is 11.5. The average Bonchev–Trinajstić information content (AvgIpc) is 2.35. The minimum atomic E-state index is -0.242. The van der Waals surface area contributed by atoms with Crippen molar-refractivity contribution in [3.63, 3.8) is 0 Å². The minimum Gasteiger partial charge on any atom is -0.395 e. The summed E-state index contributed by atoms with van der Waals surface area (Å²) in [5.41, 5.74) is 0.586. The molecule has 0 saturated carbocycles. The molecule has 1 aromatic carbocycles. The van der Waals surface area contributed by atoms with Crippen molar-refractivity contribution >= 4 is 11.6 Å². The van der Waals surface area contributed by atoms with Gasteiger partial charge in [0.1, 0.15) is 5.82 Å². The van der Waals surface area contributed by atoms with Crippen LogP contribution in [0.3, 0.4) is 0 Å². The largest absolute Gasteiger partial charge is 0.395 e. The van der Waals surface area contributed by atoms with E-state index in [4.69, 9.17) is 16.7 Å². The van der Waals surface area contributed by atoms with Crippen LogP contribution < -0.4 is 0 Å². The third-order valence-electron chi connectivity index (χ3n) is 3.23. The summed E-state index contributed by atoms with van der Waals surface area (Å²) in [5, 5.41) is 9.66. The van der Waals surface area contributed by atoms with Gasteiger partial charge in [0.05, 0.1) is 6.61 Å². The number of hydrogen-bond acceptors (Lipinski definition) is 2. The Morgan fingerprint density at radius 3 is 2.56 bits per heavy atom. The number of rotatable bonds is 7. The Bertz CT molecular complexity index is 369. The first kappa shape index (κ1) is 15.4. The van der Waals surface area contributed by atoms with Gasteiger partial charge in [0.2, 0.25) is 0 Å². The van der Waals surface area contributed by atoms with E-state index in [2.05, 4.69) is 18.7 Å². The fourth-order valence-corrected chi connectivity index (χ4v) is 2.40. The fourth-order valence-electron chi connectivity index (χ4n) is 2.21. The SMILES string of the molecule is CCC(CC)N(CCO)Cc1cc(Cl)ccc1F. The van der Waals surface area contributed by atoms with Crippen LogP contribution in [0.25, 0.3) is 0 Å². The molecule has 1 rings (SSSR count). The molecule has 0 bridgehead atoms. The van der Waals surface area contributed by atoms with Crippen LogP contribution in [0.15, 0.2) is 18.2 Å². The van der Waals surface area contributed by atoms with Crippen molar-refractivity contribution in [3.05, 3.63) is 34.6 Å². The molecule has 0 heterocycles. The van der Waals surface area contributed by atoms with E-state index in [1.54, 1.807) is 12.1 Å². The van der Waals surface area contributed by atoms with Gasteiger partial charge in [-0.05, 0) is 31.0 Å². The van der Waals surface area contributed by atoms with Crippen LogP contribution in [0.4, 0.5) is 4.39 Å². The number of aliphatic hydroxyl groups excluding tert-OH is 1. The highest BCUT2D eigenvalue weighted by Crippen LogP contribution is 2.19. The zero-order chi connectivity index (χ0) is 13.5. The molecule has 0 amide bonds. The Labute approximate surface area is 113 Å². The average molecular weight is 274 g/mol. The van der Waals surface area contributed by atoms with E-state index in [1.807, 2.05) is 0 Å². The molecule has 4 heteroatoms. The number of nitrogens with zero attached hydrogens (tertiary/aromatic N) is 1. The van der Waals surface area contributed by atoms with Gasteiger partial charge in [0.25, 0.3) is 0 Å². The summed E-state index contributed by atoms with van der Waals surface area (Å²) in [6.45, 7) is 5.33. The Hall–Kier alpha value is -0.640. The first-order valence-electron chi connectivity index (χ1n) is 6.41. The number of benzene rings is 1. The van der Waals surface area contributed by atoms with Gasteiger partial charge in [-0.1, -0.05) is 25.4 Å². The summed E-state index contributed by atoms with van der Waals surface area (Å²) in [5.74, 6) is -0.242. The maximum absolute atomic E-state index is 13.7. The van der Waals surface area contributed by atoms with Crippen LogP contribution in [0.5, 0.6) is 0 Å². The van der Waals surface area contributed by atoms with Crippen molar-refractivity contribution in [2.45, 2.75) is 39.3 Å². The van der Waals surface area contributed by atoms with Crippen molar-refractivity contribution in [2.24, 2.45) is 0 Å². The Morgan fingerprint density at radius 1 is 1.33 bits per heavy atom. The molecular formula is C14H21ClFNO. The quantitative estimate of drug-likeness (QED) is 0.822. The van der Waals surface area contributed by atoms with E-state index >= 15 is 0 Å². The Morgan fingerprint density at radius 2 is 2.00 bits per heavy atom. The molecule has 0 aliphatic rings. The molecule has 0 spiro atoms. The minimum absolute atomic E-state index is 0.0820. The summed E-state index contributed by atoms with van der Waals surface area (Å²) >= 11 is 5.89. The molecule has 18 heavy (non-hydrogen) atoms. The monoisotopic (exact) mass is 273 g/mol. The lowest BCUT2D eigenvalue weighted by atomic mass is 10.1. The van der Waals surface area contributed by atoms with Crippen LogP contribution in [-0.2, 0) is 6.54 Å². The van der Waals surface area contributed by atoms with Gasteiger partial charge in [-0.3, -0.25) is 4.90 Å². The third kappa shape index (κ3) is 4.23. The molecular weight excluding hydrogens is 253 g/mol. The predicted octanol–water partition coefficient (Wildman–Crippen LogP) is 3.46. The topological polar surface area (TPSA) is 23.5 Å². The first-order chi connectivity index (χ1) is 8.62. The summed E-state index contributed by atoms with van der Waals surface area (Å²) in [4.78, 5) is 2.11. The molecule has 2 nitrogen and oxygen atoms in total. The Kier molecular flexibility index (Phi) is 6.61. The first-order valence-corrected chi connectivity index (χ1v) is 6.79. The second-order valence-corrected chi connectivity index (χ2v) is 4.84. The predicted molar refractivity (Wildman–Crippen MR) is 73.3 cm³/mol. The van der Waals surface area contributed by atoms with E-state index in [-0.39, 0.29) is 12.4 Å². The third-order valence-corrected chi connectivity index (χ3v) is 3.46. The molecule has 0 aliphatic carbocycles. The standard InChI is InChI=1S/C14H21ClFNO/c1-3-13(4-2)17(7-8-18)10-11-9-12(15)5-6-14(11)16/h5-6,9,13,18H,3-4,7-8,10H2,1-2H3. The van der Waals surface area contributed by atoms with Gasteiger partial charge < -0.3 is 5.11 Å². The van der Waals surface area contributed by atoms with E-state index in [1.165, 1.54) is 6.07 Å². The van der Waals surface area contributed by atoms with Crippen molar-refractivity contribution in [1.29, 1.82) is 0 Å². The van der Waals surface area contributed by atoms with Gasteiger partial charge in [0.15, 0.2) is 0 Å². The van der Waals surface area contributed by atoms with Gasteiger partial charge in [-0.15, -0.1) is 0 Å². The highest BCUT2D eigenvalue weighted by Gasteiger charge is 2.16. The van der Waals surface area contributed by atoms with Crippen LogP contribution in [-0.4, -0.2) is 29.2 Å². The summed E-state index contributed by atoms with van der Waals surface area (Å²) in [6.07, 6.45) is 1.97. The van der Waals surface area contributed by atoms with Crippen molar-refractivity contribution in [2.75, 3.05) is 13.2 Å². The van der Waals surface area contributed by atoms with Gasteiger partial charge in [-0.2, -0.15) is 0 Å².